The maximum absolute atomic E-state index is 12.3. The molecule has 3 N–H and O–H groups in total. The summed E-state index contributed by atoms with van der Waals surface area (Å²) in [5.41, 5.74) is -0.639. The number of phenolic OH excluding ortho intramolecular Hbond substituents is 1. The molecular weight excluding hydrogens is 361 g/mol. The number of carbonyl (C=O) groups excluding carboxylic acids is 2. The number of aliphatic hydroxyl groups excluding tert-OH is 1. The molecule has 1 aliphatic rings. The number of ether oxygens (including phenoxy) is 2. The van der Waals surface area contributed by atoms with Crippen molar-refractivity contribution < 1.29 is 42.4 Å². The van der Waals surface area contributed by atoms with Crippen molar-refractivity contribution in [2.45, 2.75) is 6.36 Å². The minimum atomic E-state index is -4.94. The van der Waals surface area contributed by atoms with Crippen molar-refractivity contribution >= 4 is 17.6 Å². The van der Waals surface area contributed by atoms with Crippen LogP contribution in [0.3, 0.4) is 0 Å². The molecule has 0 unspecified atom stereocenters. The van der Waals surface area contributed by atoms with E-state index in [1.54, 1.807) is 0 Å². The van der Waals surface area contributed by atoms with Crippen LogP contribution in [-0.2, 0) is 14.3 Å². The van der Waals surface area contributed by atoms with Crippen molar-refractivity contribution in [1.82, 2.24) is 4.90 Å². The van der Waals surface area contributed by atoms with Crippen molar-refractivity contribution in [3.8, 4) is 11.5 Å². The van der Waals surface area contributed by atoms with Crippen molar-refractivity contribution in [2.75, 3.05) is 32.1 Å². The number of hydrogen-bond acceptors (Lipinski definition) is 7. The molecule has 0 aliphatic carbocycles. The van der Waals surface area contributed by atoms with Crippen molar-refractivity contribution in [3.63, 3.8) is 0 Å². The van der Waals surface area contributed by atoms with Crippen LogP contribution in [0.1, 0.15) is 0 Å². The molecule has 1 heterocycles. The Hall–Kier alpha value is -2.95. The number of halogens is 3. The fourth-order valence-electron chi connectivity index (χ4n) is 2.30. The molecule has 0 atom stereocenters. The van der Waals surface area contributed by atoms with Gasteiger partial charge < -0.3 is 29.9 Å². The molecular formula is C15H15F3N2O6. The molecule has 142 valence electrons. The van der Waals surface area contributed by atoms with Gasteiger partial charge in [0.15, 0.2) is 0 Å². The minimum absolute atomic E-state index is 0.0618. The molecule has 0 bridgehead atoms. The number of alkyl halides is 3. The summed E-state index contributed by atoms with van der Waals surface area (Å²) >= 11 is 0. The summed E-state index contributed by atoms with van der Waals surface area (Å²) < 4.78 is 45.3. The number of amides is 1. The number of β-amino-alcohol motifs (C(OH)–C–C–N with tert-alkyl or cyclic N) is 1. The topological polar surface area (TPSA) is 108 Å². The Balaban J connectivity index is 2.35. The van der Waals surface area contributed by atoms with Crippen molar-refractivity contribution in [2.24, 2.45) is 0 Å². The van der Waals surface area contributed by atoms with Gasteiger partial charge in [-0.1, -0.05) is 0 Å². The number of esters is 1. The average molecular weight is 376 g/mol. The van der Waals surface area contributed by atoms with E-state index in [4.69, 9.17) is 5.11 Å². The molecule has 0 spiro atoms. The van der Waals surface area contributed by atoms with E-state index in [-0.39, 0.29) is 36.7 Å². The van der Waals surface area contributed by atoms with Gasteiger partial charge in [0.1, 0.15) is 17.2 Å². The zero-order valence-corrected chi connectivity index (χ0v) is 13.5. The highest BCUT2D eigenvalue weighted by molar-refractivity contribution is 6.08. The van der Waals surface area contributed by atoms with E-state index >= 15 is 0 Å². The molecule has 0 saturated heterocycles. The Bertz CT molecular complexity index is 747. The maximum atomic E-state index is 12.3. The van der Waals surface area contributed by atoms with Gasteiger partial charge in [0, 0.05) is 12.6 Å². The van der Waals surface area contributed by atoms with Crippen molar-refractivity contribution in [3.05, 3.63) is 29.5 Å². The fourth-order valence-corrected chi connectivity index (χ4v) is 2.30. The second kappa shape index (κ2) is 7.52. The van der Waals surface area contributed by atoms with Gasteiger partial charge in [-0.25, -0.2) is 4.79 Å². The molecule has 0 aromatic heterocycles. The number of methoxy groups -OCH3 is 1. The monoisotopic (exact) mass is 376 g/mol. The number of anilines is 1. The molecule has 0 radical (unpaired) electrons. The summed E-state index contributed by atoms with van der Waals surface area (Å²) in [6.45, 7) is -0.574. The molecule has 26 heavy (non-hydrogen) atoms. The third-order valence-electron chi connectivity index (χ3n) is 3.41. The summed E-state index contributed by atoms with van der Waals surface area (Å²) in [5, 5.41) is 21.3. The van der Waals surface area contributed by atoms with E-state index in [1.807, 2.05) is 0 Å². The third-order valence-corrected chi connectivity index (χ3v) is 3.41. The number of phenols is 1. The van der Waals surface area contributed by atoms with E-state index in [9.17, 15) is 27.9 Å². The summed E-state index contributed by atoms with van der Waals surface area (Å²) in [7, 11) is 1.10. The molecule has 0 fully saturated rings. The molecule has 2 rings (SSSR count). The summed E-state index contributed by atoms with van der Waals surface area (Å²) in [6.07, 6.45) is -4.94. The van der Waals surface area contributed by atoms with Crippen LogP contribution in [0.15, 0.2) is 29.5 Å². The van der Waals surface area contributed by atoms with E-state index in [0.717, 1.165) is 30.2 Å². The Morgan fingerprint density at radius 1 is 1.38 bits per heavy atom. The Kier molecular flexibility index (Phi) is 5.60. The second-order valence-electron chi connectivity index (χ2n) is 5.15. The normalized spacial score (nSPS) is 14.7. The first-order valence-corrected chi connectivity index (χ1v) is 7.23. The molecule has 0 saturated carbocycles. The van der Waals surface area contributed by atoms with E-state index in [1.165, 1.54) is 0 Å². The highest BCUT2D eigenvalue weighted by atomic mass is 19.4. The standard InChI is InChI=1S/C15H15F3N2O6/c1-25-14(24)9-7-20(4-5-21)13(23)12(9)19-10-6-8(2-3-11(10)22)26-15(16,17)18/h2-3,6,19,21-22H,4-5,7H2,1H3. The van der Waals surface area contributed by atoms with Crippen LogP contribution in [0.5, 0.6) is 11.5 Å². The molecule has 1 aromatic carbocycles. The van der Waals surface area contributed by atoms with Crippen LogP contribution >= 0.6 is 0 Å². The fraction of sp³-hybridized carbons (Fsp3) is 0.333. The van der Waals surface area contributed by atoms with Gasteiger partial charge in [-0.3, -0.25) is 4.79 Å². The third kappa shape index (κ3) is 4.36. The van der Waals surface area contributed by atoms with Crippen LogP contribution in [-0.4, -0.2) is 60.2 Å². The van der Waals surface area contributed by atoms with Gasteiger partial charge in [-0.15, -0.1) is 13.2 Å². The zero-order valence-electron chi connectivity index (χ0n) is 13.5. The largest absolute Gasteiger partial charge is 0.573 e. The molecule has 1 amide bonds. The Morgan fingerprint density at radius 2 is 2.08 bits per heavy atom. The van der Waals surface area contributed by atoms with Crippen LogP contribution in [0, 0.1) is 0 Å². The van der Waals surface area contributed by atoms with Gasteiger partial charge >= 0.3 is 12.3 Å². The van der Waals surface area contributed by atoms with Gasteiger partial charge in [0.25, 0.3) is 5.91 Å². The van der Waals surface area contributed by atoms with Gasteiger partial charge in [0.05, 0.1) is 31.5 Å². The number of carbonyl (C=O) groups is 2. The number of nitrogens with one attached hydrogen (secondary N) is 1. The van der Waals surface area contributed by atoms with Crippen LogP contribution in [0.25, 0.3) is 0 Å². The maximum Gasteiger partial charge on any atom is 0.573 e. The lowest BCUT2D eigenvalue weighted by Crippen LogP contribution is -2.31. The van der Waals surface area contributed by atoms with Gasteiger partial charge in [0.2, 0.25) is 0 Å². The average Bonchev–Trinajstić information content (AvgIpc) is 2.86. The van der Waals surface area contributed by atoms with Crippen LogP contribution < -0.4 is 10.1 Å². The number of hydrogen-bond donors (Lipinski definition) is 3. The molecule has 1 aromatic rings. The number of nitrogens with zero attached hydrogens (tertiary/aromatic N) is 1. The summed E-state index contributed by atoms with van der Waals surface area (Å²) in [4.78, 5) is 25.3. The van der Waals surface area contributed by atoms with Crippen LogP contribution in [0.4, 0.5) is 18.9 Å². The summed E-state index contributed by atoms with van der Waals surface area (Å²) in [5.74, 6) is -2.61. The lowest BCUT2D eigenvalue weighted by atomic mass is 10.2. The predicted molar refractivity (Wildman–Crippen MR) is 81.1 cm³/mol. The van der Waals surface area contributed by atoms with E-state index in [0.29, 0.717) is 0 Å². The number of benzene rings is 1. The number of aliphatic hydroxyl groups is 1. The van der Waals surface area contributed by atoms with E-state index < -0.39 is 29.7 Å². The first-order valence-electron chi connectivity index (χ1n) is 7.23. The SMILES string of the molecule is COC(=O)C1=C(Nc2cc(OC(F)(F)F)ccc2O)C(=O)N(CCO)C1. The minimum Gasteiger partial charge on any atom is -0.506 e. The quantitative estimate of drug-likeness (QED) is 0.501. The van der Waals surface area contributed by atoms with Gasteiger partial charge in [-0.2, -0.15) is 0 Å². The predicted octanol–water partition coefficient (Wildman–Crippen LogP) is 0.964. The first-order chi connectivity index (χ1) is 12.2. The lowest BCUT2D eigenvalue weighted by molar-refractivity contribution is -0.274. The Morgan fingerprint density at radius 3 is 2.65 bits per heavy atom. The lowest BCUT2D eigenvalue weighted by Gasteiger charge is -2.16. The molecule has 8 nitrogen and oxygen atoms in total. The van der Waals surface area contributed by atoms with Crippen LogP contribution in [0.2, 0.25) is 0 Å². The smallest absolute Gasteiger partial charge is 0.506 e. The summed E-state index contributed by atoms with van der Waals surface area (Å²) in [6, 6.07) is 2.65. The first kappa shape index (κ1) is 19.4. The van der Waals surface area contributed by atoms with E-state index in [2.05, 4.69) is 14.8 Å². The molecule has 11 heteroatoms. The highest BCUT2D eigenvalue weighted by Crippen LogP contribution is 2.33. The van der Waals surface area contributed by atoms with Gasteiger partial charge in [-0.05, 0) is 12.1 Å². The number of rotatable bonds is 6. The highest BCUT2D eigenvalue weighted by Gasteiger charge is 2.35. The Labute approximate surface area is 145 Å². The molecule has 1 aliphatic heterocycles. The number of aromatic hydroxyl groups is 1. The zero-order chi connectivity index (χ0) is 19.5. The second-order valence-corrected chi connectivity index (χ2v) is 5.15. The van der Waals surface area contributed by atoms with Crippen molar-refractivity contribution in [1.29, 1.82) is 0 Å².